The maximum atomic E-state index is 9.53. The number of ether oxygens (including phenoxy) is 1. The van der Waals surface area contributed by atoms with E-state index in [-0.39, 0.29) is 23.9 Å². The number of hydrogen-bond donors (Lipinski definition) is 1. The van der Waals surface area contributed by atoms with Gasteiger partial charge in [-0.25, -0.2) is 0 Å². The lowest BCUT2D eigenvalue weighted by molar-refractivity contribution is 0.0274. The molecule has 0 aromatic heterocycles. The third kappa shape index (κ3) is 7.63. The molecule has 0 aliphatic carbocycles. The Morgan fingerprint density at radius 2 is 1.37 bits per heavy atom. The average Bonchev–Trinajstić information content (AvgIpc) is 2.92. The van der Waals surface area contributed by atoms with Gasteiger partial charge in [0.2, 0.25) is 8.32 Å². The van der Waals surface area contributed by atoms with Crippen molar-refractivity contribution < 1.29 is 18.7 Å². The van der Waals surface area contributed by atoms with E-state index in [4.69, 9.17) is 13.6 Å². The normalized spacial score (nSPS) is 18.6. The van der Waals surface area contributed by atoms with Crippen molar-refractivity contribution in [3.05, 3.63) is 72.5 Å². The van der Waals surface area contributed by atoms with Crippen LogP contribution in [-0.2, 0) is 13.6 Å². The van der Waals surface area contributed by atoms with Gasteiger partial charge in [-0.15, -0.1) is 0 Å². The number of allylic oxidation sites excluding steroid dienone is 1. The highest BCUT2D eigenvalue weighted by atomic mass is 28.4. The highest BCUT2D eigenvalue weighted by Gasteiger charge is 2.50. The number of aliphatic hydroxyl groups excluding tert-OH is 1. The molecule has 6 heteroatoms. The fourth-order valence-corrected chi connectivity index (χ4v) is 17.4. The minimum absolute atomic E-state index is 0.0232. The summed E-state index contributed by atoms with van der Waals surface area (Å²) in [4.78, 5) is 0. The molecular formula is C35H56O4Si2. The van der Waals surface area contributed by atoms with Crippen LogP contribution in [0.3, 0.4) is 0 Å². The fraction of sp³-hybridized carbons (Fsp3) is 0.600. The van der Waals surface area contributed by atoms with Crippen molar-refractivity contribution in [2.75, 3.05) is 13.2 Å². The van der Waals surface area contributed by atoms with Crippen LogP contribution in [0.5, 0.6) is 0 Å². The van der Waals surface area contributed by atoms with Gasteiger partial charge in [-0.1, -0.05) is 123 Å². The third-order valence-corrected chi connectivity index (χ3v) is 20.2. The van der Waals surface area contributed by atoms with Crippen LogP contribution in [0.4, 0.5) is 0 Å². The van der Waals surface area contributed by atoms with E-state index < -0.39 is 16.6 Å². The second-order valence-corrected chi connectivity index (χ2v) is 23.4. The van der Waals surface area contributed by atoms with Crippen LogP contribution in [0.25, 0.3) is 0 Å². The molecule has 0 radical (unpaired) electrons. The Kier molecular flexibility index (Phi) is 12.1. The summed E-state index contributed by atoms with van der Waals surface area (Å²) < 4.78 is 21.0. The molecule has 0 amide bonds. The second-order valence-electron chi connectivity index (χ2n) is 13.7. The Hall–Kier alpha value is -1.71. The zero-order valence-corrected chi connectivity index (χ0v) is 29.2. The molecule has 3 rings (SSSR count). The summed E-state index contributed by atoms with van der Waals surface area (Å²) in [5.74, 6) is 0.963. The zero-order chi connectivity index (χ0) is 30.3. The van der Waals surface area contributed by atoms with E-state index in [2.05, 4.69) is 129 Å². The summed E-state index contributed by atoms with van der Waals surface area (Å²) in [5.41, 5.74) is 1.57. The van der Waals surface area contributed by atoms with Crippen molar-refractivity contribution >= 4 is 27.0 Å². The Labute approximate surface area is 252 Å². The molecule has 2 aromatic rings. The molecule has 2 aromatic carbocycles. The van der Waals surface area contributed by atoms with E-state index in [9.17, 15) is 5.11 Å². The molecule has 4 nitrogen and oxygen atoms in total. The van der Waals surface area contributed by atoms with Gasteiger partial charge < -0.3 is 18.7 Å². The van der Waals surface area contributed by atoms with Gasteiger partial charge in [-0.2, -0.15) is 0 Å². The van der Waals surface area contributed by atoms with Crippen LogP contribution in [0.15, 0.2) is 72.5 Å². The Balaban J connectivity index is 1.88. The predicted octanol–water partition coefficient (Wildman–Crippen LogP) is 7.96. The molecule has 1 aliphatic heterocycles. The highest BCUT2D eigenvalue weighted by molar-refractivity contribution is 6.99. The molecule has 1 aliphatic rings. The first-order chi connectivity index (χ1) is 19.4. The van der Waals surface area contributed by atoms with E-state index >= 15 is 0 Å². The molecule has 1 heterocycles. The molecule has 2 atom stereocenters. The fourth-order valence-electron chi connectivity index (χ4n) is 7.27. The molecule has 0 bridgehead atoms. The highest BCUT2D eigenvalue weighted by Crippen LogP contribution is 2.44. The minimum atomic E-state index is -2.60. The third-order valence-electron chi connectivity index (χ3n) is 9.00. The van der Waals surface area contributed by atoms with Crippen LogP contribution in [0.1, 0.15) is 88.0 Å². The molecule has 1 N–H and O–H groups in total. The molecule has 0 fully saturated rings. The van der Waals surface area contributed by atoms with Crippen LogP contribution in [-0.4, -0.2) is 47.2 Å². The van der Waals surface area contributed by atoms with Crippen molar-refractivity contribution in [1.82, 2.24) is 0 Å². The first-order valence-corrected chi connectivity index (χ1v) is 19.8. The van der Waals surface area contributed by atoms with Gasteiger partial charge in [0.05, 0.1) is 11.9 Å². The Bertz CT molecular complexity index is 1020. The maximum Gasteiger partial charge on any atom is 0.261 e. The monoisotopic (exact) mass is 596 g/mol. The van der Waals surface area contributed by atoms with Crippen molar-refractivity contribution in [2.24, 2.45) is 0 Å². The van der Waals surface area contributed by atoms with Gasteiger partial charge in [-0.05, 0) is 44.5 Å². The summed E-state index contributed by atoms with van der Waals surface area (Å²) >= 11 is 0. The summed E-state index contributed by atoms with van der Waals surface area (Å²) in [6.45, 7) is 21.8. The van der Waals surface area contributed by atoms with Gasteiger partial charge in [0.25, 0.3) is 8.32 Å². The zero-order valence-electron chi connectivity index (χ0n) is 27.2. The van der Waals surface area contributed by atoms with E-state index in [0.717, 1.165) is 25.0 Å². The van der Waals surface area contributed by atoms with E-state index in [1.165, 1.54) is 10.4 Å². The lowest BCUT2D eigenvalue weighted by Crippen LogP contribution is -2.66. The number of aliphatic hydroxyl groups is 1. The maximum absolute atomic E-state index is 9.53. The van der Waals surface area contributed by atoms with Gasteiger partial charge in [-0.3, -0.25) is 0 Å². The Morgan fingerprint density at radius 3 is 1.80 bits per heavy atom. The van der Waals surface area contributed by atoms with Crippen LogP contribution in [0.2, 0.25) is 21.7 Å². The number of hydrogen-bond acceptors (Lipinski definition) is 4. The predicted molar refractivity (Wildman–Crippen MR) is 178 cm³/mol. The summed E-state index contributed by atoms with van der Waals surface area (Å²) in [6, 6.07) is 21.7. The standard InChI is InChI=1S/C35H56O4Si2/c1-27(2)40(28(3)4,29(5)6)39-32-25-30(17-16-23-36)38-31(26-32)22-24-37-41(35(7,8)9,33-18-12-10-13-19-33)34-20-14-11-15-21-34/h10-15,18-21,25,27-29,31-32,36H,16-17,22-24,26H2,1-9H3/t31-,32+/m0/s1. The largest absolute Gasteiger partial charge is 0.495 e. The van der Waals surface area contributed by atoms with E-state index in [1.54, 1.807) is 0 Å². The van der Waals surface area contributed by atoms with Crippen molar-refractivity contribution in [3.8, 4) is 0 Å². The van der Waals surface area contributed by atoms with Crippen molar-refractivity contribution in [1.29, 1.82) is 0 Å². The first-order valence-electron chi connectivity index (χ1n) is 15.8. The van der Waals surface area contributed by atoms with Crippen LogP contribution >= 0.6 is 0 Å². The minimum Gasteiger partial charge on any atom is -0.495 e. The summed E-state index contributed by atoms with van der Waals surface area (Å²) in [7, 11) is -4.65. The van der Waals surface area contributed by atoms with E-state index in [0.29, 0.717) is 29.7 Å². The summed E-state index contributed by atoms with van der Waals surface area (Å²) in [5, 5.41) is 12.1. The summed E-state index contributed by atoms with van der Waals surface area (Å²) in [6.07, 6.45) is 5.36. The SMILES string of the molecule is CC(C)[Si](O[C@@H]1C=C(CCCO)O[C@@H](CCO[Si](c2ccccc2)(c2ccccc2)C(C)(C)C)C1)(C(C)C)C(C)C. The molecule has 0 saturated heterocycles. The van der Waals surface area contributed by atoms with E-state index in [1.807, 2.05) is 0 Å². The van der Waals surface area contributed by atoms with Gasteiger partial charge >= 0.3 is 0 Å². The average molecular weight is 597 g/mol. The number of rotatable bonds is 14. The molecule has 228 valence electrons. The number of benzene rings is 2. The first kappa shape index (κ1) is 33.8. The topological polar surface area (TPSA) is 47.9 Å². The van der Waals surface area contributed by atoms with Crippen molar-refractivity contribution in [2.45, 2.75) is 122 Å². The van der Waals surface area contributed by atoms with Gasteiger partial charge in [0.15, 0.2) is 0 Å². The molecule has 41 heavy (non-hydrogen) atoms. The van der Waals surface area contributed by atoms with Crippen molar-refractivity contribution in [3.63, 3.8) is 0 Å². The quantitative estimate of drug-likeness (QED) is 0.225. The van der Waals surface area contributed by atoms with Gasteiger partial charge in [0, 0.05) is 32.5 Å². The lowest BCUT2D eigenvalue weighted by Gasteiger charge is -2.46. The van der Waals surface area contributed by atoms with Crippen LogP contribution < -0.4 is 10.4 Å². The molecule has 0 spiro atoms. The van der Waals surface area contributed by atoms with Gasteiger partial charge in [0.1, 0.15) is 6.10 Å². The molecule has 0 saturated carbocycles. The lowest BCUT2D eigenvalue weighted by atomic mass is 10.0. The molecular weight excluding hydrogens is 541 g/mol. The second kappa shape index (κ2) is 14.7. The molecule has 0 unspecified atom stereocenters. The Morgan fingerprint density at radius 1 is 0.854 bits per heavy atom. The smallest absolute Gasteiger partial charge is 0.261 e. The van der Waals surface area contributed by atoms with Crippen LogP contribution in [0, 0.1) is 0 Å².